The van der Waals surface area contributed by atoms with Crippen LogP contribution in [0.25, 0.3) is 10.2 Å². The number of hydrogen-bond donors (Lipinski definition) is 2. The van der Waals surface area contributed by atoms with Crippen LogP contribution in [-0.2, 0) is 6.54 Å². The largest absolute Gasteiger partial charge is 0.365 e. The maximum absolute atomic E-state index is 12.4. The van der Waals surface area contributed by atoms with Crippen LogP contribution < -0.4 is 10.6 Å². The molecule has 0 unspecified atom stereocenters. The van der Waals surface area contributed by atoms with Gasteiger partial charge >= 0.3 is 0 Å². The molecule has 1 aliphatic carbocycles. The summed E-state index contributed by atoms with van der Waals surface area (Å²) in [6, 6.07) is 7.80. The number of benzene rings is 1. The van der Waals surface area contributed by atoms with Crippen molar-refractivity contribution in [2.24, 2.45) is 0 Å². The molecule has 3 aromatic rings. The number of amides is 1. The molecule has 2 aromatic heterocycles. The van der Waals surface area contributed by atoms with E-state index in [1.807, 2.05) is 31.2 Å². The Hall–Kier alpha value is -2.73. The number of fused-ring (bicyclic) bond motifs is 1. The van der Waals surface area contributed by atoms with E-state index >= 15 is 0 Å². The van der Waals surface area contributed by atoms with Crippen LogP contribution in [0.3, 0.4) is 0 Å². The van der Waals surface area contributed by atoms with Crippen LogP contribution >= 0.6 is 11.3 Å². The van der Waals surface area contributed by atoms with Gasteiger partial charge in [-0.3, -0.25) is 4.79 Å². The topological polar surface area (TPSA) is 66.9 Å². The lowest BCUT2D eigenvalue weighted by molar-refractivity contribution is 0.0954. The van der Waals surface area contributed by atoms with Crippen molar-refractivity contribution in [1.29, 1.82) is 0 Å². The average molecular weight is 435 g/mol. The molecule has 0 bridgehead atoms. The van der Waals surface area contributed by atoms with E-state index in [0.717, 1.165) is 33.8 Å². The number of hydrogen-bond acceptors (Lipinski definition) is 5. The molecule has 0 aliphatic heterocycles. The minimum absolute atomic E-state index is 0.00609. The van der Waals surface area contributed by atoms with Crippen LogP contribution in [0.1, 0.15) is 64.3 Å². The van der Waals surface area contributed by atoms with Crippen molar-refractivity contribution >= 4 is 33.3 Å². The van der Waals surface area contributed by atoms with Gasteiger partial charge in [-0.05, 0) is 76.1 Å². The molecule has 0 fully saturated rings. The van der Waals surface area contributed by atoms with Crippen LogP contribution in [0.15, 0.2) is 35.9 Å². The molecule has 31 heavy (non-hydrogen) atoms. The van der Waals surface area contributed by atoms with Crippen LogP contribution in [-0.4, -0.2) is 22.4 Å². The molecule has 4 rings (SSSR count). The summed E-state index contributed by atoms with van der Waals surface area (Å²) >= 11 is 1.71. The Balaban J connectivity index is 1.35. The van der Waals surface area contributed by atoms with Gasteiger partial charge < -0.3 is 10.6 Å². The van der Waals surface area contributed by atoms with E-state index in [2.05, 4.69) is 40.5 Å². The fraction of sp³-hybridized carbons (Fsp3) is 0.400. The maximum atomic E-state index is 12.4. The van der Waals surface area contributed by atoms with Gasteiger partial charge in [0, 0.05) is 23.5 Å². The Morgan fingerprint density at radius 3 is 2.65 bits per heavy atom. The van der Waals surface area contributed by atoms with E-state index in [1.165, 1.54) is 41.7 Å². The second-order valence-corrected chi connectivity index (χ2v) is 9.45. The molecule has 0 spiro atoms. The number of allylic oxidation sites excluding steroid dienone is 1. The monoisotopic (exact) mass is 434 g/mol. The van der Waals surface area contributed by atoms with E-state index in [0.29, 0.717) is 18.7 Å². The quantitative estimate of drug-likeness (QED) is 0.458. The molecule has 2 N–H and O–H groups in total. The normalized spacial score (nSPS) is 13.8. The first kappa shape index (κ1) is 21.5. The van der Waals surface area contributed by atoms with Gasteiger partial charge in [0.15, 0.2) is 0 Å². The smallest absolute Gasteiger partial charge is 0.251 e. The lowest BCUT2D eigenvalue weighted by Gasteiger charge is -2.13. The van der Waals surface area contributed by atoms with Gasteiger partial charge in [-0.1, -0.05) is 23.8 Å². The van der Waals surface area contributed by atoms with Crippen LogP contribution in [0.2, 0.25) is 0 Å². The highest BCUT2D eigenvalue weighted by molar-refractivity contribution is 7.18. The first-order chi connectivity index (χ1) is 15.0. The van der Waals surface area contributed by atoms with Crippen molar-refractivity contribution in [2.75, 3.05) is 11.9 Å². The molecule has 1 aliphatic rings. The summed E-state index contributed by atoms with van der Waals surface area (Å²) in [5, 5.41) is 7.62. The highest BCUT2D eigenvalue weighted by Gasteiger charge is 2.13. The average Bonchev–Trinajstić information content (AvgIpc) is 3.06. The molecule has 0 radical (unpaired) electrons. The lowest BCUT2D eigenvalue weighted by atomic mass is 9.97. The molecule has 162 valence electrons. The molecule has 1 amide bonds. The molecule has 2 heterocycles. The predicted octanol–water partition coefficient (Wildman–Crippen LogP) is 5.85. The van der Waals surface area contributed by atoms with Gasteiger partial charge in [0.2, 0.25) is 0 Å². The Morgan fingerprint density at radius 1 is 1.10 bits per heavy atom. The second-order valence-electron chi connectivity index (χ2n) is 8.25. The number of nitrogens with one attached hydrogen (secondary N) is 2. The van der Waals surface area contributed by atoms with Gasteiger partial charge in [-0.25, -0.2) is 9.97 Å². The number of nitrogens with zero attached hydrogens (tertiary/aromatic N) is 2. The fourth-order valence-corrected chi connectivity index (χ4v) is 5.09. The molecule has 0 atom stereocenters. The van der Waals surface area contributed by atoms with Gasteiger partial charge in [0.1, 0.15) is 16.5 Å². The zero-order chi connectivity index (χ0) is 21.8. The van der Waals surface area contributed by atoms with Gasteiger partial charge in [-0.15, -0.1) is 11.3 Å². The maximum Gasteiger partial charge on any atom is 0.251 e. The van der Waals surface area contributed by atoms with E-state index in [9.17, 15) is 4.79 Å². The standard InChI is InChI=1S/C25H30N4OS/c1-16-17(2)31-25-22(16)23(28-18(3)29-25)27-15-20-9-11-21(12-10-20)24(30)26-14-13-19-7-5-4-6-8-19/h7,9-12H,4-6,8,13-15H2,1-3H3,(H,26,30)(H,27,28,29). The SMILES string of the molecule is Cc1nc(NCc2ccc(C(=O)NCCC3=CCCCC3)cc2)c2c(C)c(C)sc2n1. The summed E-state index contributed by atoms with van der Waals surface area (Å²) in [6.45, 7) is 7.52. The van der Waals surface area contributed by atoms with Crippen molar-refractivity contribution in [3.63, 3.8) is 0 Å². The zero-order valence-corrected chi connectivity index (χ0v) is 19.4. The number of aromatic nitrogens is 2. The van der Waals surface area contributed by atoms with Crippen molar-refractivity contribution in [1.82, 2.24) is 15.3 Å². The highest BCUT2D eigenvalue weighted by atomic mass is 32.1. The summed E-state index contributed by atoms with van der Waals surface area (Å²) in [5.74, 6) is 1.64. The number of carbonyl (C=O) groups is 1. The minimum Gasteiger partial charge on any atom is -0.365 e. The number of anilines is 1. The van der Waals surface area contributed by atoms with E-state index < -0.39 is 0 Å². The van der Waals surface area contributed by atoms with Crippen LogP contribution in [0.4, 0.5) is 5.82 Å². The third kappa shape index (κ3) is 5.13. The summed E-state index contributed by atoms with van der Waals surface area (Å²) in [5.41, 5.74) is 4.53. The number of rotatable bonds is 7. The predicted molar refractivity (Wildman–Crippen MR) is 129 cm³/mol. The van der Waals surface area contributed by atoms with Gasteiger partial charge in [0.05, 0.1) is 5.39 Å². The Morgan fingerprint density at radius 2 is 1.90 bits per heavy atom. The Labute approximate surface area is 188 Å². The summed E-state index contributed by atoms with van der Waals surface area (Å²) < 4.78 is 0. The number of aryl methyl sites for hydroxylation is 3. The minimum atomic E-state index is -0.00609. The summed E-state index contributed by atoms with van der Waals surface area (Å²) in [4.78, 5) is 23.9. The summed E-state index contributed by atoms with van der Waals surface area (Å²) in [6.07, 6.45) is 8.24. The van der Waals surface area contributed by atoms with Crippen molar-refractivity contribution in [2.45, 2.75) is 59.4 Å². The van der Waals surface area contributed by atoms with E-state index in [1.54, 1.807) is 11.3 Å². The third-order valence-electron chi connectivity index (χ3n) is 5.93. The third-order valence-corrected chi connectivity index (χ3v) is 7.03. The molecular weight excluding hydrogens is 404 g/mol. The molecule has 0 saturated heterocycles. The lowest BCUT2D eigenvalue weighted by Crippen LogP contribution is -2.24. The van der Waals surface area contributed by atoms with Crippen molar-refractivity contribution in [3.05, 3.63) is 63.3 Å². The zero-order valence-electron chi connectivity index (χ0n) is 18.5. The Kier molecular flexibility index (Phi) is 6.66. The molecule has 6 heteroatoms. The number of carbonyl (C=O) groups excluding carboxylic acids is 1. The molecule has 0 saturated carbocycles. The fourth-order valence-electron chi connectivity index (χ4n) is 4.01. The Bertz CT molecular complexity index is 1110. The second kappa shape index (κ2) is 9.60. The summed E-state index contributed by atoms with van der Waals surface area (Å²) in [7, 11) is 0. The first-order valence-corrected chi connectivity index (χ1v) is 11.9. The molecular formula is C25H30N4OS. The molecule has 5 nitrogen and oxygen atoms in total. The van der Waals surface area contributed by atoms with Gasteiger partial charge in [0.25, 0.3) is 5.91 Å². The van der Waals surface area contributed by atoms with Crippen LogP contribution in [0, 0.1) is 20.8 Å². The van der Waals surface area contributed by atoms with Crippen LogP contribution in [0.5, 0.6) is 0 Å². The van der Waals surface area contributed by atoms with Crippen molar-refractivity contribution < 1.29 is 4.79 Å². The number of thiophene rings is 1. The highest BCUT2D eigenvalue weighted by Crippen LogP contribution is 2.33. The van der Waals surface area contributed by atoms with E-state index in [4.69, 9.17) is 0 Å². The van der Waals surface area contributed by atoms with E-state index in [-0.39, 0.29) is 5.91 Å². The molecule has 1 aromatic carbocycles. The first-order valence-electron chi connectivity index (χ1n) is 11.0. The van der Waals surface area contributed by atoms with Gasteiger partial charge in [-0.2, -0.15) is 0 Å². The van der Waals surface area contributed by atoms with Crippen molar-refractivity contribution in [3.8, 4) is 0 Å².